The van der Waals surface area contributed by atoms with Gasteiger partial charge in [0.05, 0.1) is 4.47 Å². The number of rotatable bonds is 2. The summed E-state index contributed by atoms with van der Waals surface area (Å²) in [5.41, 5.74) is 7.26. The minimum Gasteiger partial charge on any atom is -0.399 e. The van der Waals surface area contributed by atoms with Gasteiger partial charge in [-0.15, -0.1) is 5.10 Å². The summed E-state index contributed by atoms with van der Waals surface area (Å²) in [6, 6.07) is 7.39. The van der Waals surface area contributed by atoms with Crippen molar-refractivity contribution in [1.29, 1.82) is 0 Å². The molecule has 0 atom stereocenters. The standard InChI is InChI=1S/C12H9BrN6/c13-10-5-15-6-16-12(10)19-7-17-11(18-19)8-1-3-9(14)4-2-8/h1-7H,14H2. The summed E-state index contributed by atoms with van der Waals surface area (Å²) in [4.78, 5) is 12.3. The van der Waals surface area contributed by atoms with Crippen molar-refractivity contribution in [2.24, 2.45) is 0 Å². The molecule has 6 nitrogen and oxygen atoms in total. The van der Waals surface area contributed by atoms with Crippen LogP contribution in [-0.2, 0) is 0 Å². The highest BCUT2D eigenvalue weighted by molar-refractivity contribution is 9.10. The van der Waals surface area contributed by atoms with Crippen molar-refractivity contribution in [1.82, 2.24) is 24.7 Å². The van der Waals surface area contributed by atoms with Crippen molar-refractivity contribution in [2.45, 2.75) is 0 Å². The predicted molar refractivity (Wildman–Crippen MR) is 74.5 cm³/mol. The smallest absolute Gasteiger partial charge is 0.181 e. The fourth-order valence-corrected chi connectivity index (χ4v) is 2.01. The van der Waals surface area contributed by atoms with E-state index in [9.17, 15) is 0 Å². The lowest BCUT2D eigenvalue weighted by Crippen LogP contribution is -1.99. The molecule has 0 aliphatic heterocycles. The van der Waals surface area contributed by atoms with E-state index in [0.717, 1.165) is 10.0 Å². The van der Waals surface area contributed by atoms with E-state index in [1.165, 1.54) is 6.33 Å². The Bertz CT molecular complexity index is 706. The molecule has 0 bridgehead atoms. The van der Waals surface area contributed by atoms with Gasteiger partial charge in [0.2, 0.25) is 0 Å². The van der Waals surface area contributed by atoms with E-state index in [0.29, 0.717) is 17.3 Å². The van der Waals surface area contributed by atoms with Crippen LogP contribution in [0.15, 0.2) is 47.6 Å². The number of nitrogens with zero attached hydrogens (tertiary/aromatic N) is 5. The van der Waals surface area contributed by atoms with E-state index < -0.39 is 0 Å². The summed E-state index contributed by atoms with van der Waals surface area (Å²) in [6.45, 7) is 0. The number of benzene rings is 1. The molecule has 0 aliphatic carbocycles. The molecule has 2 N–H and O–H groups in total. The second-order valence-electron chi connectivity index (χ2n) is 3.83. The van der Waals surface area contributed by atoms with Gasteiger partial charge in [-0.05, 0) is 40.2 Å². The first kappa shape index (κ1) is 11.8. The number of anilines is 1. The number of nitrogen functional groups attached to an aromatic ring is 1. The Kier molecular flexibility index (Phi) is 2.96. The number of nitrogens with two attached hydrogens (primary N) is 1. The van der Waals surface area contributed by atoms with Gasteiger partial charge >= 0.3 is 0 Å². The molecule has 3 rings (SSSR count). The summed E-state index contributed by atoms with van der Waals surface area (Å²) in [5, 5.41) is 4.39. The maximum atomic E-state index is 5.65. The lowest BCUT2D eigenvalue weighted by atomic mass is 10.2. The Balaban J connectivity index is 2.00. The Morgan fingerprint density at radius 3 is 2.63 bits per heavy atom. The van der Waals surface area contributed by atoms with Crippen molar-refractivity contribution in [2.75, 3.05) is 5.73 Å². The third-order valence-electron chi connectivity index (χ3n) is 2.53. The minimum absolute atomic E-state index is 0.616. The molecule has 0 saturated heterocycles. The SMILES string of the molecule is Nc1ccc(-c2ncn(-c3ncncc3Br)n2)cc1. The Hall–Kier alpha value is -2.28. The van der Waals surface area contributed by atoms with Gasteiger partial charge in [-0.3, -0.25) is 0 Å². The number of aromatic nitrogens is 5. The third-order valence-corrected chi connectivity index (χ3v) is 3.09. The highest BCUT2D eigenvalue weighted by Crippen LogP contribution is 2.19. The Morgan fingerprint density at radius 2 is 1.89 bits per heavy atom. The van der Waals surface area contributed by atoms with Gasteiger partial charge in [0, 0.05) is 17.4 Å². The number of halogens is 1. The maximum Gasteiger partial charge on any atom is 0.181 e. The van der Waals surface area contributed by atoms with Crippen LogP contribution in [0.2, 0.25) is 0 Å². The van der Waals surface area contributed by atoms with Gasteiger partial charge in [0.15, 0.2) is 11.6 Å². The fraction of sp³-hybridized carbons (Fsp3) is 0. The molecule has 0 fully saturated rings. The first-order chi connectivity index (χ1) is 9.24. The predicted octanol–water partition coefficient (Wildman–Crippen LogP) is 2.07. The van der Waals surface area contributed by atoms with Crippen LogP contribution in [0.3, 0.4) is 0 Å². The molecule has 94 valence electrons. The number of hydrogen-bond donors (Lipinski definition) is 1. The van der Waals surface area contributed by atoms with E-state index in [-0.39, 0.29) is 0 Å². The number of hydrogen-bond acceptors (Lipinski definition) is 5. The normalized spacial score (nSPS) is 10.6. The van der Waals surface area contributed by atoms with Crippen molar-refractivity contribution >= 4 is 21.6 Å². The highest BCUT2D eigenvalue weighted by atomic mass is 79.9. The van der Waals surface area contributed by atoms with Crippen LogP contribution in [0.4, 0.5) is 5.69 Å². The van der Waals surface area contributed by atoms with Gasteiger partial charge in [0.1, 0.15) is 12.7 Å². The van der Waals surface area contributed by atoms with Gasteiger partial charge < -0.3 is 5.73 Å². The van der Waals surface area contributed by atoms with E-state index in [4.69, 9.17) is 5.73 Å². The molecule has 0 aliphatic rings. The molecule has 1 aromatic carbocycles. The zero-order chi connectivity index (χ0) is 13.2. The Labute approximate surface area is 117 Å². The molecule has 2 heterocycles. The first-order valence-corrected chi connectivity index (χ1v) is 6.27. The van der Waals surface area contributed by atoms with E-state index in [1.54, 1.807) is 17.2 Å². The zero-order valence-electron chi connectivity index (χ0n) is 9.73. The average molecular weight is 317 g/mol. The summed E-state index contributed by atoms with van der Waals surface area (Å²) in [7, 11) is 0. The van der Waals surface area contributed by atoms with Crippen LogP contribution in [0.1, 0.15) is 0 Å². The highest BCUT2D eigenvalue weighted by Gasteiger charge is 2.08. The van der Waals surface area contributed by atoms with Crippen molar-refractivity contribution in [3.8, 4) is 17.2 Å². The van der Waals surface area contributed by atoms with Gasteiger partial charge in [-0.2, -0.15) is 0 Å². The quantitative estimate of drug-likeness (QED) is 0.732. The topological polar surface area (TPSA) is 82.5 Å². The van der Waals surface area contributed by atoms with Crippen molar-refractivity contribution in [3.05, 3.63) is 47.6 Å². The third kappa shape index (κ3) is 2.32. The molecule has 0 unspecified atom stereocenters. The average Bonchev–Trinajstić information content (AvgIpc) is 2.89. The lowest BCUT2D eigenvalue weighted by molar-refractivity contribution is 0.834. The lowest BCUT2D eigenvalue weighted by Gasteiger charge is -2.00. The molecule has 0 amide bonds. The second-order valence-corrected chi connectivity index (χ2v) is 4.68. The molecule has 2 aromatic heterocycles. The minimum atomic E-state index is 0.616. The maximum absolute atomic E-state index is 5.65. The summed E-state index contributed by atoms with van der Waals surface area (Å²) >= 11 is 3.38. The molecular formula is C12H9BrN6. The molecule has 0 spiro atoms. The summed E-state index contributed by atoms with van der Waals surface area (Å²) in [5.74, 6) is 1.26. The van der Waals surface area contributed by atoms with Crippen LogP contribution in [-0.4, -0.2) is 24.7 Å². The van der Waals surface area contributed by atoms with Crippen molar-refractivity contribution in [3.63, 3.8) is 0 Å². The van der Waals surface area contributed by atoms with Crippen molar-refractivity contribution < 1.29 is 0 Å². The van der Waals surface area contributed by atoms with Crippen LogP contribution >= 0.6 is 15.9 Å². The van der Waals surface area contributed by atoms with Gasteiger partial charge in [-0.25, -0.2) is 19.6 Å². The van der Waals surface area contributed by atoms with E-state index >= 15 is 0 Å². The zero-order valence-corrected chi connectivity index (χ0v) is 11.3. The van der Waals surface area contributed by atoms with Crippen LogP contribution in [0, 0.1) is 0 Å². The van der Waals surface area contributed by atoms with Crippen LogP contribution < -0.4 is 5.73 Å². The monoisotopic (exact) mass is 316 g/mol. The van der Waals surface area contributed by atoms with E-state index in [1.807, 2.05) is 24.3 Å². The molecule has 3 aromatic rings. The largest absolute Gasteiger partial charge is 0.399 e. The first-order valence-electron chi connectivity index (χ1n) is 5.47. The second kappa shape index (κ2) is 4.77. The van der Waals surface area contributed by atoms with Crippen LogP contribution in [0.25, 0.3) is 17.2 Å². The van der Waals surface area contributed by atoms with Gasteiger partial charge in [0.25, 0.3) is 0 Å². The molecular weight excluding hydrogens is 308 g/mol. The molecule has 19 heavy (non-hydrogen) atoms. The summed E-state index contributed by atoms with van der Waals surface area (Å²) < 4.78 is 2.35. The van der Waals surface area contributed by atoms with Gasteiger partial charge in [-0.1, -0.05) is 0 Å². The van der Waals surface area contributed by atoms with Crippen LogP contribution in [0.5, 0.6) is 0 Å². The van der Waals surface area contributed by atoms with E-state index in [2.05, 4.69) is 36.0 Å². The molecule has 7 heteroatoms. The molecule has 0 saturated carbocycles. The fourth-order valence-electron chi connectivity index (χ4n) is 1.60. The Morgan fingerprint density at radius 1 is 1.11 bits per heavy atom. The summed E-state index contributed by atoms with van der Waals surface area (Å²) in [6.07, 6.45) is 4.73. The molecule has 0 radical (unpaired) electrons.